The molecule has 10 heteroatoms. The number of anilines is 1. The van der Waals surface area contributed by atoms with Gasteiger partial charge in [0.1, 0.15) is 11.1 Å². The van der Waals surface area contributed by atoms with Crippen molar-refractivity contribution in [3.8, 4) is 11.5 Å². The molecule has 10 nitrogen and oxygen atoms in total. The van der Waals surface area contributed by atoms with E-state index < -0.39 is 21.2 Å². The molecule has 35 heavy (non-hydrogen) atoms. The van der Waals surface area contributed by atoms with Gasteiger partial charge in [0.2, 0.25) is 12.7 Å². The van der Waals surface area contributed by atoms with Gasteiger partial charge < -0.3 is 14.8 Å². The molecule has 3 aliphatic rings. The Kier molecular flexibility index (Phi) is 5.08. The van der Waals surface area contributed by atoms with Crippen LogP contribution in [0.4, 0.5) is 11.4 Å². The number of amides is 1. The predicted octanol–water partition coefficient (Wildman–Crippen LogP) is 3.80. The fourth-order valence-electron chi connectivity index (χ4n) is 5.63. The van der Waals surface area contributed by atoms with E-state index >= 15 is 0 Å². The van der Waals surface area contributed by atoms with E-state index in [1.807, 2.05) is 32.9 Å². The second kappa shape index (κ2) is 7.79. The lowest BCUT2D eigenvalue weighted by molar-refractivity contribution is -0.384. The van der Waals surface area contributed by atoms with Crippen molar-refractivity contribution >= 4 is 28.8 Å². The number of nitro groups is 1. The summed E-state index contributed by atoms with van der Waals surface area (Å²) >= 11 is 0. The van der Waals surface area contributed by atoms with Gasteiger partial charge in [0.25, 0.3) is 5.69 Å². The third-order valence-corrected chi connectivity index (χ3v) is 8.22. The van der Waals surface area contributed by atoms with Gasteiger partial charge in [-0.3, -0.25) is 25.1 Å². The number of fused-ring (bicyclic) bond motifs is 3. The monoisotopic (exact) mass is 478 g/mol. The molecule has 2 N–H and O–H groups in total. The molecule has 1 aliphatic heterocycles. The second-order valence-electron chi connectivity index (χ2n) is 9.94. The zero-order chi connectivity index (χ0) is 25.0. The lowest BCUT2D eigenvalue weighted by Crippen LogP contribution is -2.50. The van der Waals surface area contributed by atoms with Crippen molar-refractivity contribution in [2.45, 2.75) is 40.2 Å². The van der Waals surface area contributed by atoms with Gasteiger partial charge in [0, 0.05) is 24.1 Å². The zero-order valence-electron chi connectivity index (χ0n) is 19.7. The lowest BCUT2D eigenvalue weighted by atomic mass is 9.64. The smallest absolute Gasteiger partial charge is 0.269 e. The van der Waals surface area contributed by atoms with Crippen LogP contribution in [-0.2, 0) is 16.1 Å². The number of hydrazone groups is 1. The maximum atomic E-state index is 13.7. The van der Waals surface area contributed by atoms with E-state index in [1.165, 1.54) is 24.3 Å². The first-order valence-electron chi connectivity index (χ1n) is 11.4. The first-order chi connectivity index (χ1) is 16.6. The number of nitrogens with one attached hydrogen (secondary N) is 2. The van der Waals surface area contributed by atoms with E-state index in [-0.39, 0.29) is 30.7 Å². The number of nitrogens with zero attached hydrogens (tertiary/aromatic N) is 2. The van der Waals surface area contributed by atoms with Crippen molar-refractivity contribution in [1.29, 1.82) is 0 Å². The molecular formula is C25H26N4O6. The molecule has 2 fully saturated rings. The number of ether oxygens (including phenoxy) is 2. The van der Waals surface area contributed by atoms with Gasteiger partial charge in [-0.25, -0.2) is 0 Å². The van der Waals surface area contributed by atoms with Crippen LogP contribution in [0, 0.1) is 26.4 Å². The molecule has 1 amide bonds. The summed E-state index contributed by atoms with van der Waals surface area (Å²) in [6, 6.07) is 11.3. The first kappa shape index (κ1) is 22.8. The van der Waals surface area contributed by atoms with Crippen molar-refractivity contribution in [3.05, 3.63) is 58.1 Å². The van der Waals surface area contributed by atoms with E-state index in [0.29, 0.717) is 35.7 Å². The van der Waals surface area contributed by atoms with E-state index in [0.717, 1.165) is 5.56 Å². The molecule has 5 rings (SSSR count). The number of carbonyl (C=O) groups is 2. The summed E-state index contributed by atoms with van der Waals surface area (Å²) in [6.07, 6.45) is 1.09. The molecule has 2 bridgehead atoms. The third-order valence-electron chi connectivity index (χ3n) is 8.22. The van der Waals surface area contributed by atoms with Crippen LogP contribution in [0.5, 0.6) is 11.5 Å². The first-order valence-corrected chi connectivity index (χ1v) is 11.4. The van der Waals surface area contributed by atoms with Crippen molar-refractivity contribution in [3.63, 3.8) is 0 Å². The molecule has 0 radical (unpaired) electrons. The van der Waals surface area contributed by atoms with Crippen molar-refractivity contribution in [1.82, 2.24) is 5.32 Å². The summed E-state index contributed by atoms with van der Waals surface area (Å²) in [5.74, 6) is 0.703. The normalized spacial score (nSPS) is 26.7. The standard InChI is InChI=1S/C25H26N4O6/c1-23(2)24(3)10-11-25(23,22(31)26-13-15-4-9-18-19(12-15)35-14-34-18)21(30)20(24)28-27-16-5-7-17(8-6-16)29(32)33/h4-9,12,27H,10-11,13-14H2,1-3H3,(H,26,31)/b28-20+. The number of hydrogen-bond donors (Lipinski definition) is 2. The minimum Gasteiger partial charge on any atom is -0.454 e. The summed E-state index contributed by atoms with van der Waals surface area (Å²) in [7, 11) is 0. The number of benzene rings is 2. The second-order valence-corrected chi connectivity index (χ2v) is 9.94. The summed E-state index contributed by atoms with van der Waals surface area (Å²) in [6.45, 7) is 6.30. The number of Topliss-reactive ketones (excluding diaryl/α,β-unsaturated/α-hetero) is 1. The number of non-ortho nitro benzene ring substituents is 1. The van der Waals surface area contributed by atoms with Gasteiger partial charge in [0.05, 0.1) is 10.6 Å². The Morgan fingerprint density at radius 1 is 1.09 bits per heavy atom. The average molecular weight is 479 g/mol. The molecule has 2 aliphatic carbocycles. The van der Waals surface area contributed by atoms with Crippen molar-refractivity contribution in [2.24, 2.45) is 21.3 Å². The highest BCUT2D eigenvalue weighted by molar-refractivity contribution is 6.50. The fourth-order valence-corrected chi connectivity index (χ4v) is 5.63. The van der Waals surface area contributed by atoms with E-state index in [2.05, 4.69) is 15.8 Å². The molecular weight excluding hydrogens is 452 g/mol. The number of nitro benzene ring substituents is 1. The quantitative estimate of drug-likeness (QED) is 0.367. The average Bonchev–Trinajstić information content (AvgIpc) is 3.41. The molecule has 2 aromatic rings. The van der Waals surface area contributed by atoms with Crippen LogP contribution in [0.3, 0.4) is 0 Å². The summed E-state index contributed by atoms with van der Waals surface area (Å²) in [5, 5.41) is 18.3. The van der Waals surface area contributed by atoms with Crippen molar-refractivity contribution < 1.29 is 24.0 Å². The SMILES string of the molecule is CC12CCC(C(=O)NCc3ccc4c(c3)OCO4)(C(=O)/C1=N\Nc1ccc([N+](=O)[O-])cc1)C2(C)C. The topological polar surface area (TPSA) is 132 Å². The Balaban J connectivity index is 1.37. The van der Waals surface area contributed by atoms with Crippen LogP contribution in [-0.4, -0.2) is 29.1 Å². The van der Waals surface area contributed by atoms with Crippen LogP contribution in [0.15, 0.2) is 47.6 Å². The highest BCUT2D eigenvalue weighted by Crippen LogP contribution is 2.69. The Hall–Kier alpha value is -3.95. The maximum absolute atomic E-state index is 13.7. The number of ketones is 1. The lowest BCUT2D eigenvalue weighted by Gasteiger charge is -2.37. The van der Waals surface area contributed by atoms with Crippen LogP contribution in [0.2, 0.25) is 0 Å². The van der Waals surface area contributed by atoms with Gasteiger partial charge in [-0.2, -0.15) is 5.10 Å². The summed E-state index contributed by atoms with van der Waals surface area (Å²) in [4.78, 5) is 37.7. The van der Waals surface area contributed by atoms with Gasteiger partial charge >= 0.3 is 0 Å². The van der Waals surface area contributed by atoms with E-state index in [1.54, 1.807) is 6.07 Å². The minimum atomic E-state index is -1.23. The molecule has 2 aromatic carbocycles. The zero-order valence-corrected chi connectivity index (χ0v) is 19.7. The molecule has 1 heterocycles. The highest BCUT2D eigenvalue weighted by Gasteiger charge is 2.76. The Morgan fingerprint density at radius 2 is 1.80 bits per heavy atom. The number of carbonyl (C=O) groups excluding carboxylic acids is 2. The predicted molar refractivity (Wildman–Crippen MR) is 127 cm³/mol. The Bertz CT molecular complexity index is 1270. The summed E-state index contributed by atoms with van der Waals surface area (Å²) < 4.78 is 10.7. The molecule has 2 unspecified atom stereocenters. The number of rotatable bonds is 6. The molecule has 0 saturated heterocycles. The summed E-state index contributed by atoms with van der Waals surface area (Å²) in [5.41, 5.74) is 2.01. The molecule has 182 valence electrons. The molecule has 0 aromatic heterocycles. The van der Waals surface area contributed by atoms with Crippen LogP contribution in [0.25, 0.3) is 0 Å². The Labute approximate surface area is 201 Å². The molecule has 2 saturated carbocycles. The van der Waals surface area contributed by atoms with Crippen LogP contribution < -0.4 is 20.2 Å². The van der Waals surface area contributed by atoms with Gasteiger partial charge in [0.15, 0.2) is 17.3 Å². The number of hydrogen-bond acceptors (Lipinski definition) is 8. The fraction of sp³-hybridized carbons (Fsp3) is 0.400. The van der Waals surface area contributed by atoms with Gasteiger partial charge in [-0.1, -0.05) is 26.8 Å². The highest BCUT2D eigenvalue weighted by atomic mass is 16.7. The van der Waals surface area contributed by atoms with Gasteiger partial charge in [-0.15, -0.1) is 0 Å². The molecule has 0 spiro atoms. The minimum absolute atomic E-state index is 0.0367. The molecule has 2 atom stereocenters. The van der Waals surface area contributed by atoms with E-state index in [4.69, 9.17) is 9.47 Å². The Morgan fingerprint density at radius 3 is 2.51 bits per heavy atom. The maximum Gasteiger partial charge on any atom is 0.269 e. The van der Waals surface area contributed by atoms with Gasteiger partial charge in [-0.05, 0) is 48.1 Å². The largest absolute Gasteiger partial charge is 0.454 e. The third kappa shape index (κ3) is 3.19. The van der Waals surface area contributed by atoms with Crippen LogP contribution >= 0.6 is 0 Å². The van der Waals surface area contributed by atoms with Crippen LogP contribution in [0.1, 0.15) is 39.2 Å². The van der Waals surface area contributed by atoms with E-state index in [9.17, 15) is 19.7 Å². The van der Waals surface area contributed by atoms with Crippen molar-refractivity contribution in [2.75, 3.05) is 12.2 Å².